The molecule has 1 aliphatic heterocycles. The van der Waals surface area contributed by atoms with Gasteiger partial charge in [-0.15, -0.1) is 0 Å². The summed E-state index contributed by atoms with van der Waals surface area (Å²) in [5.74, 6) is 0.939. The van der Waals surface area contributed by atoms with Gasteiger partial charge in [-0.2, -0.15) is 0 Å². The van der Waals surface area contributed by atoms with Crippen LogP contribution in [-0.2, 0) is 11.3 Å². The van der Waals surface area contributed by atoms with Gasteiger partial charge in [-0.25, -0.2) is 0 Å². The molecule has 3 heteroatoms. The van der Waals surface area contributed by atoms with E-state index in [-0.39, 0.29) is 0 Å². The van der Waals surface area contributed by atoms with E-state index in [9.17, 15) is 0 Å². The predicted octanol–water partition coefficient (Wildman–Crippen LogP) is 3.35. The average Bonchev–Trinajstić information content (AvgIpc) is 2.41. The molecule has 1 aromatic rings. The number of nitrogen functional groups attached to an aromatic ring is 1. The molecule has 0 spiro atoms. The Morgan fingerprint density at radius 3 is 2.00 bits per heavy atom. The van der Waals surface area contributed by atoms with Gasteiger partial charge >= 0.3 is 0 Å². The van der Waals surface area contributed by atoms with Gasteiger partial charge in [0.2, 0.25) is 0 Å². The molecule has 0 unspecified atom stereocenters. The van der Waals surface area contributed by atoms with Crippen molar-refractivity contribution in [3.63, 3.8) is 0 Å². The fraction of sp³-hybridized carbons (Fsp3) is 0.647. The third kappa shape index (κ3) is 3.53. The minimum atomic E-state index is 0.470. The lowest BCUT2D eigenvalue weighted by molar-refractivity contribution is 0.0342. The summed E-state index contributed by atoms with van der Waals surface area (Å²) < 4.78 is 5.42. The molecule has 0 atom stereocenters. The molecule has 20 heavy (non-hydrogen) atoms. The Labute approximate surface area is 123 Å². The highest BCUT2D eigenvalue weighted by atomic mass is 16.5. The number of morpholine rings is 1. The van der Waals surface area contributed by atoms with E-state index in [0.717, 1.165) is 38.5 Å². The van der Waals surface area contributed by atoms with Gasteiger partial charge in [0.25, 0.3) is 0 Å². The van der Waals surface area contributed by atoms with E-state index in [4.69, 9.17) is 10.5 Å². The number of anilines is 1. The Kier molecular flexibility index (Phi) is 5.06. The number of benzene rings is 1. The quantitative estimate of drug-likeness (QED) is 0.857. The van der Waals surface area contributed by atoms with Crippen LogP contribution in [0.5, 0.6) is 0 Å². The molecule has 0 radical (unpaired) electrons. The summed E-state index contributed by atoms with van der Waals surface area (Å²) in [6, 6.07) is 4.59. The van der Waals surface area contributed by atoms with E-state index in [1.54, 1.807) is 0 Å². The van der Waals surface area contributed by atoms with Gasteiger partial charge in [0.05, 0.1) is 13.2 Å². The highest BCUT2D eigenvalue weighted by Gasteiger charge is 2.16. The van der Waals surface area contributed by atoms with Crippen LogP contribution in [0, 0.1) is 0 Å². The van der Waals surface area contributed by atoms with E-state index < -0.39 is 0 Å². The zero-order valence-corrected chi connectivity index (χ0v) is 13.3. The first kappa shape index (κ1) is 15.3. The van der Waals surface area contributed by atoms with Crippen LogP contribution in [0.3, 0.4) is 0 Å². The summed E-state index contributed by atoms with van der Waals surface area (Å²) in [6.45, 7) is 13.6. The van der Waals surface area contributed by atoms with Gasteiger partial charge in [-0.1, -0.05) is 39.8 Å². The second kappa shape index (κ2) is 6.59. The fourth-order valence-electron chi connectivity index (χ4n) is 2.83. The van der Waals surface area contributed by atoms with Crippen LogP contribution >= 0.6 is 0 Å². The van der Waals surface area contributed by atoms with E-state index in [2.05, 4.69) is 44.7 Å². The largest absolute Gasteiger partial charge is 0.398 e. The van der Waals surface area contributed by atoms with Crippen molar-refractivity contribution >= 4 is 5.69 Å². The summed E-state index contributed by atoms with van der Waals surface area (Å²) in [6.07, 6.45) is 0. The van der Waals surface area contributed by atoms with Crippen molar-refractivity contribution in [2.24, 2.45) is 0 Å². The van der Waals surface area contributed by atoms with Crippen LogP contribution < -0.4 is 5.73 Å². The third-order valence-corrected chi connectivity index (χ3v) is 4.06. The van der Waals surface area contributed by atoms with Crippen LogP contribution in [0.1, 0.15) is 56.2 Å². The molecule has 0 aromatic heterocycles. The highest BCUT2D eigenvalue weighted by molar-refractivity contribution is 5.58. The van der Waals surface area contributed by atoms with Crippen molar-refractivity contribution in [2.75, 3.05) is 32.0 Å². The Hall–Kier alpha value is -1.06. The van der Waals surface area contributed by atoms with Crippen molar-refractivity contribution in [3.8, 4) is 0 Å². The average molecular weight is 276 g/mol. The fourth-order valence-corrected chi connectivity index (χ4v) is 2.83. The molecule has 1 saturated heterocycles. The summed E-state index contributed by atoms with van der Waals surface area (Å²) in [5.41, 5.74) is 11.3. The van der Waals surface area contributed by atoms with Crippen molar-refractivity contribution in [3.05, 3.63) is 28.8 Å². The normalized spacial score (nSPS) is 17.1. The Morgan fingerprint density at radius 2 is 1.55 bits per heavy atom. The second-order valence-corrected chi connectivity index (χ2v) is 6.39. The molecular formula is C17H28N2O. The van der Waals surface area contributed by atoms with E-state index >= 15 is 0 Å². The van der Waals surface area contributed by atoms with Gasteiger partial charge in [0.1, 0.15) is 0 Å². The van der Waals surface area contributed by atoms with Crippen LogP contribution in [0.25, 0.3) is 0 Å². The molecule has 1 aromatic carbocycles. The molecule has 2 rings (SSSR count). The zero-order valence-electron chi connectivity index (χ0n) is 13.3. The summed E-state index contributed by atoms with van der Waals surface area (Å²) >= 11 is 0. The molecular weight excluding hydrogens is 248 g/mol. The van der Waals surface area contributed by atoms with Crippen molar-refractivity contribution in [1.82, 2.24) is 4.90 Å². The van der Waals surface area contributed by atoms with Crippen molar-refractivity contribution in [1.29, 1.82) is 0 Å². The van der Waals surface area contributed by atoms with Gasteiger partial charge in [0.15, 0.2) is 0 Å². The lowest BCUT2D eigenvalue weighted by Gasteiger charge is -2.27. The number of ether oxygens (including phenoxy) is 1. The summed E-state index contributed by atoms with van der Waals surface area (Å²) in [4.78, 5) is 2.46. The highest BCUT2D eigenvalue weighted by Crippen LogP contribution is 2.32. The standard InChI is InChI=1S/C17H28N2O/c1-12(2)15-9-14(10-16(13(3)4)17(15)18)11-19-5-7-20-8-6-19/h9-10,12-13H,5-8,11,18H2,1-4H3. The SMILES string of the molecule is CC(C)c1cc(CN2CCOCC2)cc(C(C)C)c1N. The smallest absolute Gasteiger partial charge is 0.0594 e. The maximum absolute atomic E-state index is 6.35. The molecule has 3 nitrogen and oxygen atoms in total. The number of hydrogen-bond acceptors (Lipinski definition) is 3. The molecule has 112 valence electrons. The Morgan fingerprint density at radius 1 is 1.05 bits per heavy atom. The van der Waals surface area contributed by atoms with E-state index in [0.29, 0.717) is 11.8 Å². The summed E-state index contributed by atoms with van der Waals surface area (Å²) in [5, 5.41) is 0. The molecule has 2 N–H and O–H groups in total. The van der Waals surface area contributed by atoms with Gasteiger partial charge in [-0.3, -0.25) is 4.90 Å². The molecule has 1 fully saturated rings. The van der Waals surface area contributed by atoms with Crippen molar-refractivity contribution in [2.45, 2.75) is 46.1 Å². The predicted molar refractivity (Wildman–Crippen MR) is 85.1 cm³/mol. The number of nitrogens with two attached hydrogens (primary N) is 1. The molecule has 1 aliphatic rings. The molecule has 0 aliphatic carbocycles. The van der Waals surface area contributed by atoms with Crippen LogP contribution in [0.4, 0.5) is 5.69 Å². The van der Waals surface area contributed by atoms with E-state index in [1.807, 2.05) is 0 Å². The van der Waals surface area contributed by atoms with Crippen molar-refractivity contribution < 1.29 is 4.74 Å². The van der Waals surface area contributed by atoms with Crippen LogP contribution in [0.15, 0.2) is 12.1 Å². The number of rotatable bonds is 4. The van der Waals surface area contributed by atoms with Gasteiger partial charge < -0.3 is 10.5 Å². The molecule has 0 bridgehead atoms. The van der Waals surface area contributed by atoms with Gasteiger partial charge in [-0.05, 0) is 28.5 Å². The number of hydrogen-bond donors (Lipinski definition) is 1. The zero-order chi connectivity index (χ0) is 14.7. The minimum Gasteiger partial charge on any atom is -0.398 e. The first-order chi connectivity index (χ1) is 9.49. The maximum Gasteiger partial charge on any atom is 0.0594 e. The summed E-state index contributed by atoms with van der Waals surface area (Å²) in [7, 11) is 0. The molecule has 1 heterocycles. The minimum absolute atomic E-state index is 0.470. The Balaban J connectivity index is 2.27. The Bertz CT molecular complexity index is 419. The van der Waals surface area contributed by atoms with E-state index in [1.165, 1.54) is 16.7 Å². The van der Waals surface area contributed by atoms with Gasteiger partial charge in [0, 0.05) is 25.3 Å². The van der Waals surface area contributed by atoms with Crippen LogP contribution in [0.2, 0.25) is 0 Å². The first-order valence-corrected chi connectivity index (χ1v) is 7.71. The molecule has 0 amide bonds. The lowest BCUT2D eigenvalue weighted by Crippen LogP contribution is -2.35. The molecule has 0 saturated carbocycles. The maximum atomic E-state index is 6.35. The van der Waals surface area contributed by atoms with Crippen LogP contribution in [-0.4, -0.2) is 31.2 Å². The lowest BCUT2D eigenvalue weighted by atomic mass is 9.90. The second-order valence-electron chi connectivity index (χ2n) is 6.39. The first-order valence-electron chi connectivity index (χ1n) is 7.71. The third-order valence-electron chi connectivity index (χ3n) is 4.06. The number of nitrogens with zero attached hydrogens (tertiary/aromatic N) is 1. The topological polar surface area (TPSA) is 38.5 Å². The monoisotopic (exact) mass is 276 g/mol.